The molecule has 1 fully saturated rings. The van der Waals surface area contributed by atoms with Crippen molar-refractivity contribution in [3.8, 4) is 0 Å². The first kappa shape index (κ1) is 12.7. The molecule has 3 heteroatoms. The lowest BCUT2D eigenvalue weighted by atomic mass is 10.0. The van der Waals surface area contributed by atoms with E-state index in [9.17, 15) is 0 Å². The maximum absolute atomic E-state index is 6.28. The minimum absolute atomic E-state index is 0.00432. The summed E-state index contributed by atoms with van der Waals surface area (Å²) >= 11 is 6.28. The minimum Gasteiger partial charge on any atom is -0.369 e. The molecule has 1 aromatic rings. The molecule has 0 aromatic heterocycles. The first-order chi connectivity index (χ1) is 8.09. The lowest BCUT2D eigenvalue weighted by Gasteiger charge is -2.35. The zero-order chi connectivity index (χ0) is 12.4. The normalized spacial score (nSPS) is 22.6. The van der Waals surface area contributed by atoms with E-state index in [1.165, 1.54) is 24.9 Å². The summed E-state index contributed by atoms with van der Waals surface area (Å²) in [5, 5.41) is 0.787. The number of hydrogen-bond acceptors (Lipinski definition) is 2. The molecular weight excluding hydrogens is 232 g/mol. The molecule has 0 bridgehead atoms. The number of piperidine rings is 1. The lowest BCUT2D eigenvalue weighted by Crippen LogP contribution is -2.37. The molecule has 94 valence electrons. The van der Waals surface area contributed by atoms with Crippen molar-refractivity contribution >= 4 is 17.3 Å². The summed E-state index contributed by atoms with van der Waals surface area (Å²) in [4.78, 5) is 2.44. The first-order valence-corrected chi connectivity index (χ1v) is 6.79. The minimum atomic E-state index is -0.00432. The second kappa shape index (κ2) is 5.28. The molecule has 0 amide bonds. The molecule has 1 heterocycles. The van der Waals surface area contributed by atoms with Crippen molar-refractivity contribution in [2.75, 3.05) is 11.4 Å². The molecule has 2 N–H and O–H groups in total. The monoisotopic (exact) mass is 252 g/mol. The summed E-state index contributed by atoms with van der Waals surface area (Å²) in [6.07, 6.45) is 3.88. The van der Waals surface area contributed by atoms with Gasteiger partial charge in [0.2, 0.25) is 0 Å². The van der Waals surface area contributed by atoms with Gasteiger partial charge in [0, 0.05) is 29.3 Å². The standard InChI is InChI=1S/C14H21ClN2/c1-10-5-3-4-8-17(10)12-6-7-13(11(2)16)14(15)9-12/h6-7,9-11H,3-5,8,16H2,1-2H3. The second-order valence-electron chi connectivity index (χ2n) is 5.03. The average Bonchev–Trinajstić information content (AvgIpc) is 2.29. The van der Waals surface area contributed by atoms with Crippen LogP contribution in [-0.2, 0) is 0 Å². The number of nitrogens with zero attached hydrogens (tertiary/aromatic N) is 1. The molecule has 2 nitrogen and oxygen atoms in total. The first-order valence-electron chi connectivity index (χ1n) is 6.41. The Kier molecular flexibility index (Phi) is 3.95. The van der Waals surface area contributed by atoms with E-state index in [0.29, 0.717) is 6.04 Å². The van der Waals surface area contributed by atoms with Crippen LogP contribution in [0.2, 0.25) is 5.02 Å². The Morgan fingerprint density at radius 1 is 1.41 bits per heavy atom. The molecule has 0 saturated carbocycles. The van der Waals surface area contributed by atoms with Gasteiger partial charge in [0.15, 0.2) is 0 Å². The third-order valence-electron chi connectivity index (χ3n) is 3.61. The van der Waals surface area contributed by atoms with Gasteiger partial charge in [-0.1, -0.05) is 17.7 Å². The molecule has 2 atom stereocenters. The number of anilines is 1. The third-order valence-corrected chi connectivity index (χ3v) is 3.94. The Bertz CT molecular complexity index is 390. The number of halogens is 1. The molecular formula is C14H21ClN2. The van der Waals surface area contributed by atoms with Gasteiger partial charge in [-0.15, -0.1) is 0 Å². The van der Waals surface area contributed by atoms with E-state index in [2.05, 4.69) is 30.0 Å². The Morgan fingerprint density at radius 2 is 2.18 bits per heavy atom. The van der Waals surface area contributed by atoms with E-state index < -0.39 is 0 Å². The molecule has 2 unspecified atom stereocenters. The van der Waals surface area contributed by atoms with Crippen molar-refractivity contribution in [2.24, 2.45) is 5.73 Å². The van der Waals surface area contributed by atoms with Crippen molar-refractivity contribution < 1.29 is 0 Å². The largest absolute Gasteiger partial charge is 0.369 e. The van der Waals surface area contributed by atoms with Gasteiger partial charge in [-0.05, 0) is 50.8 Å². The third kappa shape index (κ3) is 2.75. The highest BCUT2D eigenvalue weighted by molar-refractivity contribution is 6.31. The molecule has 0 radical (unpaired) electrons. The van der Waals surface area contributed by atoms with Gasteiger partial charge >= 0.3 is 0 Å². The quantitative estimate of drug-likeness (QED) is 0.869. The molecule has 1 saturated heterocycles. The highest BCUT2D eigenvalue weighted by Crippen LogP contribution is 2.30. The second-order valence-corrected chi connectivity index (χ2v) is 5.44. The fourth-order valence-corrected chi connectivity index (χ4v) is 2.89. The number of nitrogens with two attached hydrogens (primary N) is 1. The van der Waals surface area contributed by atoms with E-state index in [0.717, 1.165) is 17.1 Å². The zero-order valence-corrected chi connectivity index (χ0v) is 11.4. The van der Waals surface area contributed by atoms with Crippen molar-refractivity contribution in [3.05, 3.63) is 28.8 Å². The van der Waals surface area contributed by atoms with Crippen LogP contribution in [0, 0.1) is 0 Å². The van der Waals surface area contributed by atoms with Crippen molar-refractivity contribution in [3.63, 3.8) is 0 Å². The van der Waals surface area contributed by atoms with Gasteiger partial charge in [0.05, 0.1) is 0 Å². The molecule has 0 spiro atoms. The molecule has 2 rings (SSSR count). The van der Waals surface area contributed by atoms with Crippen molar-refractivity contribution in [1.29, 1.82) is 0 Å². The summed E-state index contributed by atoms with van der Waals surface area (Å²) in [6, 6.07) is 6.87. The molecule has 17 heavy (non-hydrogen) atoms. The Balaban J connectivity index is 2.24. The number of hydrogen-bond donors (Lipinski definition) is 1. The predicted molar refractivity (Wildman–Crippen MR) is 74.7 cm³/mol. The maximum Gasteiger partial charge on any atom is 0.0474 e. The molecule has 0 aliphatic carbocycles. The zero-order valence-electron chi connectivity index (χ0n) is 10.6. The summed E-state index contributed by atoms with van der Waals surface area (Å²) < 4.78 is 0. The Morgan fingerprint density at radius 3 is 2.76 bits per heavy atom. The van der Waals surface area contributed by atoms with Crippen LogP contribution < -0.4 is 10.6 Å². The number of rotatable bonds is 2. The smallest absolute Gasteiger partial charge is 0.0474 e. The molecule has 1 aliphatic rings. The van der Waals surface area contributed by atoms with Crippen molar-refractivity contribution in [1.82, 2.24) is 0 Å². The molecule has 1 aliphatic heterocycles. The van der Waals surface area contributed by atoms with Crippen molar-refractivity contribution in [2.45, 2.75) is 45.2 Å². The van der Waals surface area contributed by atoms with Crippen LogP contribution in [0.3, 0.4) is 0 Å². The summed E-state index contributed by atoms with van der Waals surface area (Å²) in [5.74, 6) is 0. The predicted octanol–water partition coefficient (Wildman–Crippen LogP) is 3.74. The van der Waals surface area contributed by atoms with E-state index in [1.54, 1.807) is 0 Å². The van der Waals surface area contributed by atoms with Crippen LogP contribution in [-0.4, -0.2) is 12.6 Å². The van der Waals surface area contributed by atoms with Crippen LogP contribution in [0.25, 0.3) is 0 Å². The Hall–Kier alpha value is -0.730. The SMILES string of the molecule is CC(N)c1ccc(N2CCCCC2C)cc1Cl. The topological polar surface area (TPSA) is 29.3 Å². The molecule has 1 aromatic carbocycles. The van der Waals surface area contributed by atoms with Crippen LogP contribution in [0.1, 0.15) is 44.7 Å². The summed E-state index contributed by atoms with van der Waals surface area (Å²) in [7, 11) is 0. The maximum atomic E-state index is 6.28. The van der Waals surface area contributed by atoms with Crippen LogP contribution >= 0.6 is 11.6 Å². The fraction of sp³-hybridized carbons (Fsp3) is 0.571. The van der Waals surface area contributed by atoms with Gasteiger partial charge in [0.1, 0.15) is 0 Å². The van der Waals surface area contributed by atoms with Gasteiger partial charge < -0.3 is 10.6 Å². The summed E-state index contributed by atoms with van der Waals surface area (Å²) in [6.45, 7) is 5.38. The summed E-state index contributed by atoms with van der Waals surface area (Å²) in [5.41, 5.74) is 8.13. The van der Waals surface area contributed by atoms with E-state index in [-0.39, 0.29) is 6.04 Å². The highest BCUT2D eigenvalue weighted by Gasteiger charge is 2.19. The Labute approximate surface area is 109 Å². The van der Waals surface area contributed by atoms with E-state index in [1.807, 2.05) is 6.92 Å². The van der Waals surface area contributed by atoms with Crippen LogP contribution in [0.5, 0.6) is 0 Å². The van der Waals surface area contributed by atoms with Gasteiger partial charge in [0.25, 0.3) is 0 Å². The van der Waals surface area contributed by atoms with Crippen LogP contribution in [0.15, 0.2) is 18.2 Å². The fourth-order valence-electron chi connectivity index (χ4n) is 2.55. The number of benzene rings is 1. The van der Waals surface area contributed by atoms with Gasteiger partial charge in [-0.2, -0.15) is 0 Å². The van der Waals surface area contributed by atoms with Gasteiger partial charge in [-0.3, -0.25) is 0 Å². The highest BCUT2D eigenvalue weighted by atomic mass is 35.5. The van der Waals surface area contributed by atoms with E-state index in [4.69, 9.17) is 17.3 Å². The van der Waals surface area contributed by atoms with Crippen LogP contribution in [0.4, 0.5) is 5.69 Å². The average molecular weight is 253 g/mol. The lowest BCUT2D eigenvalue weighted by molar-refractivity contribution is 0.485. The van der Waals surface area contributed by atoms with E-state index >= 15 is 0 Å². The van der Waals surface area contributed by atoms with Gasteiger partial charge in [-0.25, -0.2) is 0 Å².